The number of hydrogen-bond acceptors (Lipinski definition) is 7. The number of sulfonamides is 1. The van der Waals surface area contributed by atoms with Gasteiger partial charge in [0.2, 0.25) is 16.0 Å². The number of ether oxygens (including phenoxy) is 1. The van der Waals surface area contributed by atoms with Crippen LogP contribution in [0.1, 0.15) is 23.7 Å². The van der Waals surface area contributed by atoms with Gasteiger partial charge in [0.05, 0.1) is 11.5 Å². The molecule has 0 spiro atoms. The molecule has 4 rings (SSSR count). The first-order valence-corrected chi connectivity index (χ1v) is 12.9. The van der Waals surface area contributed by atoms with E-state index in [0.717, 1.165) is 22.8 Å². The van der Waals surface area contributed by atoms with Crippen molar-refractivity contribution in [3.05, 3.63) is 65.4 Å². The van der Waals surface area contributed by atoms with Crippen LogP contribution in [0.3, 0.4) is 0 Å². The first-order chi connectivity index (χ1) is 16.3. The van der Waals surface area contributed by atoms with Crippen molar-refractivity contribution in [2.45, 2.75) is 32.6 Å². The minimum atomic E-state index is -3.58. The second-order valence-corrected chi connectivity index (χ2v) is 10.4. The van der Waals surface area contributed by atoms with Crippen LogP contribution in [-0.2, 0) is 10.0 Å². The Morgan fingerprint density at radius 3 is 2.29 bits per heavy atom. The van der Waals surface area contributed by atoms with Gasteiger partial charge in [-0.05, 0) is 63.6 Å². The van der Waals surface area contributed by atoms with E-state index < -0.39 is 10.0 Å². The Kier molecular flexibility index (Phi) is 7.04. The molecule has 1 fully saturated rings. The summed E-state index contributed by atoms with van der Waals surface area (Å²) in [6, 6.07) is 15.0. The number of nitrogens with one attached hydrogen (secondary N) is 1. The summed E-state index contributed by atoms with van der Waals surface area (Å²) in [7, 11) is -3.58. The summed E-state index contributed by atoms with van der Waals surface area (Å²) in [5.74, 6) is 2.02. The lowest BCUT2D eigenvalue weighted by Crippen LogP contribution is -2.49. The standard InChI is InChI=1S/C25H31N5O3S/c1-5-33-23-11-10-22(16-19(23)3)34(31,32)30-14-12-29(13-15-30)24-17-20(4)26-25(28-24)27-21-8-6-18(2)7-9-21/h6-11,16-17H,5,12-15H2,1-4H3,(H,26,27,28). The number of hydrogen-bond donors (Lipinski definition) is 1. The molecule has 2 aromatic carbocycles. The van der Waals surface area contributed by atoms with E-state index in [1.165, 1.54) is 9.87 Å². The van der Waals surface area contributed by atoms with Gasteiger partial charge >= 0.3 is 0 Å². The Balaban J connectivity index is 1.45. The number of anilines is 3. The fourth-order valence-electron chi connectivity index (χ4n) is 3.94. The van der Waals surface area contributed by atoms with Gasteiger partial charge in [-0.25, -0.2) is 13.4 Å². The molecule has 3 aromatic rings. The zero-order valence-electron chi connectivity index (χ0n) is 20.1. The maximum Gasteiger partial charge on any atom is 0.243 e. The Morgan fingerprint density at radius 1 is 0.941 bits per heavy atom. The lowest BCUT2D eigenvalue weighted by atomic mass is 10.2. The zero-order chi connectivity index (χ0) is 24.3. The molecule has 0 amide bonds. The smallest absolute Gasteiger partial charge is 0.243 e. The molecule has 9 heteroatoms. The highest BCUT2D eigenvalue weighted by Crippen LogP contribution is 2.26. The van der Waals surface area contributed by atoms with Crippen molar-refractivity contribution in [1.29, 1.82) is 0 Å². The van der Waals surface area contributed by atoms with Gasteiger partial charge in [-0.1, -0.05) is 17.7 Å². The first-order valence-electron chi connectivity index (χ1n) is 11.4. The van der Waals surface area contributed by atoms with E-state index in [9.17, 15) is 8.42 Å². The van der Waals surface area contributed by atoms with E-state index in [2.05, 4.69) is 20.2 Å². The SMILES string of the molecule is CCOc1ccc(S(=O)(=O)N2CCN(c3cc(C)nc(Nc4ccc(C)cc4)n3)CC2)cc1C. The topological polar surface area (TPSA) is 87.7 Å². The van der Waals surface area contributed by atoms with Gasteiger partial charge in [0, 0.05) is 43.6 Å². The Hall–Kier alpha value is -3.17. The van der Waals surface area contributed by atoms with Crippen LogP contribution < -0.4 is 15.0 Å². The number of aryl methyl sites for hydroxylation is 3. The van der Waals surface area contributed by atoms with Crippen molar-refractivity contribution in [3.8, 4) is 5.75 Å². The van der Waals surface area contributed by atoms with E-state index in [-0.39, 0.29) is 0 Å². The maximum atomic E-state index is 13.2. The lowest BCUT2D eigenvalue weighted by molar-refractivity contribution is 0.337. The fourth-order valence-corrected chi connectivity index (χ4v) is 5.45. The minimum Gasteiger partial charge on any atom is -0.494 e. The average molecular weight is 482 g/mol. The number of benzene rings is 2. The van der Waals surface area contributed by atoms with Crippen LogP contribution in [0.25, 0.3) is 0 Å². The number of nitrogens with zero attached hydrogens (tertiary/aromatic N) is 4. The molecule has 1 N–H and O–H groups in total. The molecular weight excluding hydrogens is 450 g/mol. The average Bonchev–Trinajstić information content (AvgIpc) is 2.81. The van der Waals surface area contributed by atoms with E-state index in [1.54, 1.807) is 18.2 Å². The monoisotopic (exact) mass is 481 g/mol. The fraction of sp³-hybridized carbons (Fsp3) is 0.360. The van der Waals surface area contributed by atoms with E-state index in [4.69, 9.17) is 4.74 Å². The first kappa shape index (κ1) is 24.0. The Labute approximate surface area is 201 Å². The van der Waals surface area contributed by atoms with Crippen LogP contribution in [0.4, 0.5) is 17.5 Å². The molecular formula is C25H31N5O3S. The molecule has 0 atom stereocenters. The third-order valence-corrected chi connectivity index (χ3v) is 7.69. The number of rotatable bonds is 7. The molecule has 0 saturated carbocycles. The quantitative estimate of drug-likeness (QED) is 0.545. The van der Waals surface area contributed by atoms with Gasteiger partial charge in [0.1, 0.15) is 11.6 Å². The molecule has 8 nitrogen and oxygen atoms in total. The largest absolute Gasteiger partial charge is 0.494 e. The van der Waals surface area contributed by atoms with Crippen LogP contribution in [0.15, 0.2) is 53.4 Å². The van der Waals surface area contributed by atoms with Crippen molar-refractivity contribution in [2.75, 3.05) is 43.0 Å². The molecule has 0 aliphatic carbocycles. The molecule has 1 saturated heterocycles. The number of piperazine rings is 1. The third kappa shape index (κ3) is 5.31. The second kappa shape index (κ2) is 9.99. The molecule has 1 aliphatic heterocycles. The Bertz CT molecular complexity index is 1250. The number of aromatic nitrogens is 2. The van der Waals surface area contributed by atoms with Crippen molar-refractivity contribution >= 4 is 27.5 Å². The van der Waals surface area contributed by atoms with E-state index in [1.807, 2.05) is 58.0 Å². The molecule has 0 bridgehead atoms. The predicted molar refractivity (Wildman–Crippen MR) is 135 cm³/mol. The van der Waals surface area contributed by atoms with Crippen molar-refractivity contribution in [1.82, 2.24) is 14.3 Å². The van der Waals surface area contributed by atoms with Gasteiger partial charge in [-0.2, -0.15) is 9.29 Å². The van der Waals surface area contributed by atoms with Gasteiger partial charge in [-0.15, -0.1) is 0 Å². The van der Waals surface area contributed by atoms with Crippen LogP contribution in [0.2, 0.25) is 0 Å². The van der Waals surface area contributed by atoms with E-state index in [0.29, 0.717) is 49.4 Å². The Morgan fingerprint density at radius 2 is 1.65 bits per heavy atom. The minimum absolute atomic E-state index is 0.296. The van der Waals surface area contributed by atoms with Crippen LogP contribution in [-0.4, -0.2) is 55.5 Å². The highest BCUT2D eigenvalue weighted by molar-refractivity contribution is 7.89. The van der Waals surface area contributed by atoms with Gasteiger partial charge in [0.15, 0.2) is 0 Å². The maximum absolute atomic E-state index is 13.2. The van der Waals surface area contributed by atoms with Crippen molar-refractivity contribution < 1.29 is 13.2 Å². The summed E-state index contributed by atoms with van der Waals surface area (Å²) in [6.07, 6.45) is 0. The summed E-state index contributed by atoms with van der Waals surface area (Å²) < 4.78 is 33.5. The summed E-state index contributed by atoms with van der Waals surface area (Å²) in [6.45, 7) is 10.2. The summed E-state index contributed by atoms with van der Waals surface area (Å²) in [5.41, 5.74) is 3.76. The highest BCUT2D eigenvalue weighted by Gasteiger charge is 2.29. The summed E-state index contributed by atoms with van der Waals surface area (Å²) in [4.78, 5) is 11.6. The summed E-state index contributed by atoms with van der Waals surface area (Å²) in [5, 5.41) is 3.26. The van der Waals surface area contributed by atoms with Crippen molar-refractivity contribution in [2.24, 2.45) is 0 Å². The zero-order valence-corrected chi connectivity index (χ0v) is 20.9. The van der Waals surface area contributed by atoms with Crippen molar-refractivity contribution in [3.63, 3.8) is 0 Å². The molecule has 0 radical (unpaired) electrons. The second-order valence-electron chi connectivity index (χ2n) is 8.43. The molecule has 1 aromatic heterocycles. The molecule has 34 heavy (non-hydrogen) atoms. The molecule has 180 valence electrons. The van der Waals surface area contributed by atoms with Crippen LogP contribution in [0, 0.1) is 20.8 Å². The summed E-state index contributed by atoms with van der Waals surface area (Å²) >= 11 is 0. The van der Waals surface area contributed by atoms with E-state index >= 15 is 0 Å². The van der Waals surface area contributed by atoms with Crippen LogP contribution in [0.5, 0.6) is 5.75 Å². The molecule has 0 unspecified atom stereocenters. The highest BCUT2D eigenvalue weighted by atomic mass is 32.2. The molecule has 1 aliphatic rings. The predicted octanol–water partition coefficient (Wildman–Crippen LogP) is 4.06. The van der Waals surface area contributed by atoms with Gasteiger partial charge in [0.25, 0.3) is 0 Å². The van der Waals surface area contributed by atoms with Crippen LogP contribution >= 0.6 is 0 Å². The lowest BCUT2D eigenvalue weighted by Gasteiger charge is -2.35. The van der Waals surface area contributed by atoms with Gasteiger partial charge < -0.3 is 15.0 Å². The normalized spacial score (nSPS) is 14.8. The molecule has 2 heterocycles. The van der Waals surface area contributed by atoms with Gasteiger partial charge in [-0.3, -0.25) is 0 Å². The third-order valence-electron chi connectivity index (χ3n) is 5.80.